The molecule has 8 nitrogen and oxygen atoms in total. The van der Waals surface area contributed by atoms with Gasteiger partial charge in [0.1, 0.15) is 46.8 Å². The fraction of sp³-hybridized carbons (Fsp3) is 0.105. The maximum atomic E-state index is 14.4. The van der Waals surface area contributed by atoms with Gasteiger partial charge in [0.2, 0.25) is 0 Å². The molecule has 1 atom stereocenters. The molecule has 4 aromatic rings. The van der Waals surface area contributed by atoms with Crippen molar-refractivity contribution < 1.29 is 8.78 Å². The third kappa shape index (κ3) is 3.19. The van der Waals surface area contributed by atoms with Crippen LogP contribution in [0.3, 0.4) is 0 Å². The number of nitriles is 1. The van der Waals surface area contributed by atoms with Gasteiger partial charge in [0.25, 0.3) is 0 Å². The molecule has 0 radical (unpaired) electrons. The minimum atomic E-state index is -0.550. The van der Waals surface area contributed by atoms with E-state index in [4.69, 9.17) is 5.73 Å². The van der Waals surface area contributed by atoms with E-state index in [9.17, 15) is 14.0 Å². The van der Waals surface area contributed by atoms with Crippen molar-refractivity contribution in [2.75, 3.05) is 11.1 Å². The van der Waals surface area contributed by atoms with E-state index < -0.39 is 17.7 Å². The number of hydrogen-bond acceptors (Lipinski definition) is 7. The number of hydrogen-bond donors (Lipinski definition) is 2. The molecular formula is C19H14F2N8. The zero-order chi connectivity index (χ0) is 20.5. The smallest absolute Gasteiger partial charge is 0.151 e. The maximum absolute atomic E-state index is 14.4. The second-order valence-corrected chi connectivity index (χ2v) is 6.23. The number of fused-ring (bicyclic) bond motifs is 1. The molecule has 0 aliphatic carbocycles. The van der Waals surface area contributed by atoms with Crippen LogP contribution in [0.1, 0.15) is 24.4 Å². The van der Waals surface area contributed by atoms with Crippen molar-refractivity contribution in [3.05, 3.63) is 66.0 Å². The fourth-order valence-corrected chi connectivity index (χ4v) is 3.06. The van der Waals surface area contributed by atoms with Gasteiger partial charge in [0, 0.05) is 6.07 Å². The summed E-state index contributed by atoms with van der Waals surface area (Å²) < 4.78 is 29.8. The van der Waals surface area contributed by atoms with E-state index in [1.807, 2.05) is 6.07 Å². The molecule has 29 heavy (non-hydrogen) atoms. The molecule has 3 heterocycles. The standard InChI is InChI=1S/C19H14F2N8/c1-10(27-18-13(6-22)17(23)25-9-26-18)19-28-16-14(21)3-2-4-15(16)29(19)12-5-11(20)7-24-8-12/h2-5,7-10H,1H3,(H3,23,25,26,27)/t10-/m0/s1. The molecule has 10 heteroatoms. The Morgan fingerprint density at radius 3 is 2.83 bits per heavy atom. The van der Waals surface area contributed by atoms with Gasteiger partial charge < -0.3 is 11.1 Å². The Labute approximate surface area is 163 Å². The quantitative estimate of drug-likeness (QED) is 0.548. The topological polar surface area (TPSA) is 118 Å². The first-order chi connectivity index (χ1) is 14.0. The van der Waals surface area contributed by atoms with Gasteiger partial charge in [-0.3, -0.25) is 9.55 Å². The van der Waals surface area contributed by atoms with Crippen LogP contribution < -0.4 is 11.1 Å². The summed E-state index contributed by atoms with van der Waals surface area (Å²) in [6.07, 6.45) is 3.76. The predicted molar refractivity (Wildman–Crippen MR) is 102 cm³/mol. The molecule has 0 aliphatic rings. The summed E-state index contributed by atoms with van der Waals surface area (Å²) in [6, 6.07) is 7.20. The first-order valence-electron chi connectivity index (χ1n) is 8.54. The van der Waals surface area contributed by atoms with Gasteiger partial charge >= 0.3 is 0 Å². The summed E-state index contributed by atoms with van der Waals surface area (Å²) in [5.74, 6) is -0.431. The Morgan fingerprint density at radius 2 is 2.07 bits per heavy atom. The highest BCUT2D eigenvalue weighted by Crippen LogP contribution is 2.29. The van der Waals surface area contributed by atoms with Gasteiger partial charge in [-0.15, -0.1) is 0 Å². The lowest BCUT2D eigenvalue weighted by atomic mass is 10.2. The molecule has 0 amide bonds. The fourth-order valence-electron chi connectivity index (χ4n) is 3.06. The van der Waals surface area contributed by atoms with Crippen LogP contribution in [0, 0.1) is 23.0 Å². The van der Waals surface area contributed by atoms with E-state index in [2.05, 4.69) is 25.3 Å². The van der Waals surface area contributed by atoms with Crippen molar-refractivity contribution >= 4 is 22.7 Å². The molecule has 0 unspecified atom stereocenters. The first-order valence-corrected chi connectivity index (χ1v) is 8.54. The molecule has 3 N–H and O–H groups in total. The second-order valence-electron chi connectivity index (χ2n) is 6.23. The number of nitrogen functional groups attached to an aromatic ring is 1. The van der Waals surface area contributed by atoms with Crippen LogP contribution in [0.25, 0.3) is 16.7 Å². The molecule has 144 valence electrons. The monoisotopic (exact) mass is 392 g/mol. The maximum Gasteiger partial charge on any atom is 0.151 e. The zero-order valence-corrected chi connectivity index (χ0v) is 15.1. The van der Waals surface area contributed by atoms with E-state index in [0.717, 1.165) is 6.20 Å². The molecule has 0 spiro atoms. The van der Waals surface area contributed by atoms with Gasteiger partial charge in [-0.2, -0.15) is 5.26 Å². The van der Waals surface area contributed by atoms with Crippen molar-refractivity contribution in [1.82, 2.24) is 24.5 Å². The van der Waals surface area contributed by atoms with Crippen LogP contribution in [0.15, 0.2) is 43.0 Å². The van der Waals surface area contributed by atoms with Gasteiger partial charge in [-0.05, 0) is 19.1 Å². The SMILES string of the molecule is C[C@H](Nc1ncnc(N)c1C#N)c1nc2c(F)cccc2n1-c1cncc(F)c1. The van der Waals surface area contributed by atoms with Crippen molar-refractivity contribution in [3.8, 4) is 11.8 Å². The number of pyridine rings is 1. The lowest BCUT2D eigenvalue weighted by Crippen LogP contribution is -2.15. The average molecular weight is 392 g/mol. The number of benzene rings is 1. The lowest BCUT2D eigenvalue weighted by Gasteiger charge is -2.17. The molecule has 0 saturated carbocycles. The molecule has 0 fully saturated rings. The second kappa shape index (κ2) is 7.12. The Kier molecular flexibility index (Phi) is 4.48. The normalized spacial score (nSPS) is 11.9. The van der Waals surface area contributed by atoms with E-state index in [-0.39, 0.29) is 22.7 Å². The highest BCUT2D eigenvalue weighted by molar-refractivity contribution is 5.79. The summed E-state index contributed by atoms with van der Waals surface area (Å²) in [5, 5.41) is 12.4. The first kappa shape index (κ1) is 18.2. The van der Waals surface area contributed by atoms with E-state index in [1.165, 1.54) is 24.7 Å². The Morgan fingerprint density at radius 1 is 1.24 bits per heavy atom. The van der Waals surface area contributed by atoms with Crippen LogP contribution in [0.5, 0.6) is 0 Å². The lowest BCUT2D eigenvalue weighted by molar-refractivity contribution is 0.619. The summed E-state index contributed by atoms with van der Waals surface area (Å²) in [5.41, 5.74) is 6.77. The predicted octanol–water partition coefficient (Wildman–Crippen LogP) is 3.12. The average Bonchev–Trinajstić information content (AvgIpc) is 3.09. The molecule has 0 saturated heterocycles. The number of anilines is 2. The number of imidazole rings is 1. The number of aromatic nitrogens is 5. The van der Waals surface area contributed by atoms with Crippen molar-refractivity contribution in [2.24, 2.45) is 0 Å². The molecule has 1 aromatic carbocycles. The highest BCUT2D eigenvalue weighted by atomic mass is 19.1. The highest BCUT2D eigenvalue weighted by Gasteiger charge is 2.22. The molecular weight excluding hydrogens is 378 g/mol. The van der Waals surface area contributed by atoms with Crippen molar-refractivity contribution in [2.45, 2.75) is 13.0 Å². The number of nitrogens with two attached hydrogens (primary N) is 1. The minimum Gasteiger partial charge on any atom is -0.382 e. The van der Waals surface area contributed by atoms with Crippen LogP contribution >= 0.6 is 0 Å². The van der Waals surface area contributed by atoms with Crippen LogP contribution in [0.4, 0.5) is 20.4 Å². The van der Waals surface area contributed by atoms with Crippen LogP contribution in [0.2, 0.25) is 0 Å². The minimum absolute atomic E-state index is 0.0334. The number of nitrogens with zero attached hydrogens (tertiary/aromatic N) is 6. The molecule has 0 bridgehead atoms. The Balaban J connectivity index is 1.88. The number of halogens is 2. The van der Waals surface area contributed by atoms with Crippen molar-refractivity contribution in [1.29, 1.82) is 5.26 Å². The van der Waals surface area contributed by atoms with E-state index in [1.54, 1.807) is 23.6 Å². The van der Waals surface area contributed by atoms with Crippen LogP contribution in [-0.4, -0.2) is 24.5 Å². The summed E-state index contributed by atoms with van der Waals surface area (Å²) in [7, 11) is 0. The number of nitrogens with one attached hydrogen (secondary N) is 1. The van der Waals surface area contributed by atoms with Crippen LogP contribution in [-0.2, 0) is 0 Å². The summed E-state index contributed by atoms with van der Waals surface area (Å²) >= 11 is 0. The van der Waals surface area contributed by atoms with E-state index >= 15 is 0 Å². The number of para-hydroxylation sites is 1. The zero-order valence-electron chi connectivity index (χ0n) is 15.1. The van der Waals surface area contributed by atoms with Crippen molar-refractivity contribution in [3.63, 3.8) is 0 Å². The third-order valence-corrected chi connectivity index (χ3v) is 4.34. The number of rotatable bonds is 4. The molecule has 0 aliphatic heterocycles. The molecule has 3 aromatic heterocycles. The summed E-state index contributed by atoms with van der Waals surface area (Å²) in [6.45, 7) is 1.75. The third-order valence-electron chi connectivity index (χ3n) is 4.34. The Hall–Kier alpha value is -4.13. The van der Waals surface area contributed by atoms with Gasteiger partial charge in [-0.1, -0.05) is 6.07 Å². The summed E-state index contributed by atoms with van der Waals surface area (Å²) in [4.78, 5) is 16.1. The van der Waals surface area contributed by atoms with E-state index in [0.29, 0.717) is 17.0 Å². The van der Waals surface area contributed by atoms with Gasteiger partial charge in [0.05, 0.1) is 29.6 Å². The largest absolute Gasteiger partial charge is 0.382 e. The van der Waals surface area contributed by atoms with Gasteiger partial charge in [0.15, 0.2) is 5.82 Å². The van der Waals surface area contributed by atoms with Gasteiger partial charge in [-0.25, -0.2) is 23.7 Å². The Bertz CT molecular complexity index is 1260. The molecule has 4 rings (SSSR count).